The van der Waals surface area contributed by atoms with Gasteiger partial charge in [-0.25, -0.2) is 4.79 Å². The van der Waals surface area contributed by atoms with E-state index in [0.29, 0.717) is 16.3 Å². The zero-order chi connectivity index (χ0) is 15.2. The normalized spacial score (nSPS) is 16.4. The van der Waals surface area contributed by atoms with Crippen molar-refractivity contribution in [2.24, 2.45) is 5.92 Å². The number of halogens is 1. The van der Waals surface area contributed by atoms with Gasteiger partial charge in [0.25, 0.3) is 5.91 Å². The molecule has 1 aliphatic rings. The highest BCUT2D eigenvalue weighted by molar-refractivity contribution is 9.10. The molecule has 21 heavy (non-hydrogen) atoms. The van der Waals surface area contributed by atoms with Crippen LogP contribution in [0.1, 0.15) is 25.5 Å². The van der Waals surface area contributed by atoms with E-state index >= 15 is 0 Å². The van der Waals surface area contributed by atoms with Crippen molar-refractivity contribution in [3.8, 4) is 0 Å². The average molecular weight is 356 g/mol. The maximum absolute atomic E-state index is 11.9. The van der Waals surface area contributed by atoms with Gasteiger partial charge < -0.3 is 14.1 Å². The van der Waals surface area contributed by atoms with E-state index in [1.54, 1.807) is 17.0 Å². The Hall–Kier alpha value is -1.56. The van der Waals surface area contributed by atoms with Crippen LogP contribution in [-0.2, 0) is 14.3 Å². The summed E-state index contributed by atoms with van der Waals surface area (Å²) in [6, 6.07) is 3.44. The van der Waals surface area contributed by atoms with Gasteiger partial charge in [0.05, 0.1) is 0 Å². The molecule has 114 valence electrons. The van der Waals surface area contributed by atoms with Crippen molar-refractivity contribution < 1.29 is 18.7 Å². The van der Waals surface area contributed by atoms with Gasteiger partial charge in [0.1, 0.15) is 5.76 Å². The van der Waals surface area contributed by atoms with E-state index in [1.807, 2.05) is 0 Å². The molecule has 1 saturated heterocycles. The molecule has 0 aromatic carbocycles. The molecular weight excluding hydrogens is 338 g/mol. The number of ether oxygens (including phenoxy) is 1. The summed E-state index contributed by atoms with van der Waals surface area (Å²) in [4.78, 5) is 25.2. The number of hydrogen-bond acceptors (Lipinski definition) is 4. The second kappa shape index (κ2) is 7.45. The first-order chi connectivity index (χ1) is 10.0. The maximum atomic E-state index is 11.9. The molecule has 0 atom stereocenters. The van der Waals surface area contributed by atoms with Gasteiger partial charge in [-0.1, -0.05) is 6.92 Å². The molecule has 1 aromatic rings. The lowest BCUT2D eigenvalue weighted by Gasteiger charge is -2.30. The summed E-state index contributed by atoms with van der Waals surface area (Å²) in [5.41, 5.74) is 0. The summed E-state index contributed by atoms with van der Waals surface area (Å²) >= 11 is 3.17. The first-order valence-electron chi connectivity index (χ1n) is 6.92. The van der Waals surface area contributed by atoms with Gasteiger partial charge in [0.15, 0.2) is 11.3 Å². The second-order valence-electron chi connectivity index (χ2n) is 5.15. The summed E-state index contributed by atoms with van der Waals surface area (Å²) in [7, 11) is 0. The Morgan fingerprint density at radius 1 is 1.43 bits per heavy atom. The fourth-order valence-corrected chi connectivity index (χ4v) is 2.42. The molecule has 0 N–H and O–H groups in total. The molecule has 1 amide bonds. The fraction of sp³-hybridized carbons (Fsp3) is 0.467. The molecule has 0 aliphatic carbocycles. The number of hydrogen-bond donors (Lipinski definition) is 0. The van der Waals surface area contributed by atoms with Crippen molar-refractivity contribution in [1.29, 1.82) is 0 Å². The second-order valence-corrected chi connectivity index (χ2v) is 5.93. The Morgan fingerprint density at radius 2 is 2.14 bits per heavy atom. The highest BCUT2D eigenvalue weighted by Crippen LogP contribution is 2.16. The van der Waals surface area contributed by atoms with Crippen molar-refractivity contribution >= 4 is 33.9 Å². The molecule has 0 bridgehead atoms. The van der Waals surface area contributed by atoms with E-state index in [4.69, 9.17) is 9.15 Å². The Labute approximate surface area is 132 Å². The molecular formula is C15H18BrNO4. The molecule has 5 nitrogen and oxygen atoms in total. The van der Waals surface area contributed by atoms with Crippen molar-refractivity contribution in [3.05, 3.63) is 28.6 Å². The zero-order valence-electron chi connectivity index (χ0n) is 11.9. The number of rotatable bonds is 4. The predicted molar refractivity (Wildman–Crippen MR) is 81.4 cm³/mol. The predicted octanol–water partition coefficient (Wildman–Crippen LogP) is 2.86. The maximum Gasteiger partial charge on any atom is 0.331 e. The molecule has 0 saturated carbocycles. The standard InChI is InChI=1S/C15H18BrNO4/c1-11-6-8-17(9-7-11)14(18)10-20-15(19)5-3-12-2-4-13(16)21-12/h2-5,11H,6-10H2,1H3/b5-3+. The fourth-order valence-electron chi connectivity index (χ4n) is 2.10. The van der Waals surface area contributed by atoms with Crippen LogP contribution in [0.4, 0.5) is 0 Å². The molecule has 0 unspecified atom stereocenters. The molecule has 1 aromatic heterocycles. The zero-order valence-corrected chi connectivity index (χ0v) is 13.5. The number of esters is 1. The van der Waals surface area contributed by atoms with Crippen molar-refractivity contribution in [2.75, 3.05) is 19.7 Å². The van der Waals surface area contributed by atoms with Gasteiger partial charge in [-0.05, 0) is 52.9 Å². The SMILES string of the molecule is CC1CCN(C(=O)COC(=O)/C=C/c2ccc(Br)o2)CC1. The number of amides is 1. The number of carbonyl (C=O) groups is 2. The van der Waals surface area contributed by atoms with Gasteiger partial charge in [-0.3, -0.25) is 4.79 Å². The third kappa shape index (κ3) is 5.04. The summed E-state index contributed by atoms with van der Waals surface area (Å²) < 4.78 is 10.7. The monoisotopic (exact) mass is 355 g/mol. The lowest BCUT2D eigenvalue weighted by Crippen LogP contribution is -2.40. The first-order valence-corrected chi connectivity index (χ1v) is 7.72. The van der Waals surface area contributed by atoms with Crippen LogP contribution in [-0.4, -0.2) is 36.5 Å². The smallest absolute Gasteiger partial charge is 0.331 e. The average Bonchev–Trinajstić information content (AvgIpc) is 2.89. The third-order valence-corrected chi connectivity index (χ3v) is 3.88. The molecule has 1 fully saturated rings. The quantitative estimate of drug-likeness (QED) is 0.615. The van der Waals surface area contributed by atoms with Crippen LogP contribution in [0.5, 0.6) is 0 Å². The minimum atomic E-state index is -0.554. The number of nitrogens with zero attached hydrogens (tertiary/aromatic N) is 1. The Bertz CT molecular complexity index is 530. The highest BCUT2D eigenvalue weighted by Gasteiger charge is 2.20. The topological polar surface area (TPSA) is 59.8 Å². The van der Waals surface area contributed by atoms with Gasteiger partial charge in [-0.15, -0.1) is 0 Å². The Balaban J connectivity index is 1.73. The van der Waals surface area contributed by atoms with E-state index in [0.717, 1.165) is 25.9 Å². The number of furan rings is 1. The van der Waals surface area contributed by atoms with E-state index in [-0.39, 0.29) is 12.5 Å². The lowest BCUT2D eigenvalue weighted by molar-refractivity contribution is -0.148. The lowest BCUT2D eigenvalue weighted by atomic mass is 9.99. The summed E-state index contributed by atoms with van der Waals surface area (Å²) in [6.45, 7) is 3.46. The minimum absolute atomic E-state index is 0.135. The largest absolute Gasteiger partial charge is 0.452 e. The minimum Gasteiger partial charge on any atom is -0.452 e. The van der Waals surface area contributed by atoms with Gasteiger partial charge in [0.2, 0.25) is 0 Å². The van der Waals surface area contributed by atoms with Gasteiger partial charge >= 0.3 is 5.97 Å². The van der Waals surface area contributed by atoms with Crippen molar-refractivity contribution in [1.82, 2.24) is 4.90 Å². The van der Waals surface area contributed by atoms with E-state index < -0.39 is 5.97 Å². The third-order valence-electron chi connectivity index (χ3n) is 3.45. The van der Waals surface area contributed by atoms with Crippen LogP contribution in [0, 0.1) is 5.92 Å². The van der Waals surface area contributed by atoms with Crippen molar-refractivity contribution in [2.45, 2.75) is 19.8 Å². The Morgan fingerprint density at radius 3 is 2.76 bits per heavy atom. The van der Waals surface area contributed by atoms with Crippen LogP contribution >= 0.6 is 15.9 Å². The number of piperidine rings is 1. The van der Waals surface area contributed by atoms with Crippen LogP contribution in [0.15, 0.2) is 27.3 Å². The first kappa shape index (κ1) is 15.8. The van der Waals surface area contributed by atoms with E-state index in [9.17, 15) is 9.59 Å². The molecule has 2 rings (SSSR count). The van der Waals surface area contributed by atoms with Crippen LogP contribution in [0.25, 0.3) is 6.08 Å². The number of carbonyl (C=O) groups excluding carboxylic acids is 2. The highest BCUT2D eigenvalue weighted by atomic mass is 79.9. The molecule has 6 heteroatoms. The van der Waals surface area contributed by atoms with E-state index in [2.05, 4.69) is 22.9 Å². The molecule has 1 aliphatic heterocycles. The molecule has 0 spiro atoms. The summed E-state index contributed by atoms with van der Waals surface area (Å²) in [5, 5.41) is 0. The van der Waals surface area contributed by atoms with Crippen LogP contribution in [0.3, 0.4) is 0 Å². The van der Waals surface area contributed by atoms with Crippen LogP contribution in [0.2, 0.25) is 0 Å². The summed E-state index contributed by atoms with van der Waals surface area (Å²) in [6.07, 6.45) is 4.76. The Kier molecular flexibility index (Phi) is 5.61. The van der Waals surface area contributed by atoms with Gasteiger partial charge in [-0.2, -0.15) is 0 Å². The van der Waals surface area contributed by atoms with Crippen molar-refractivity contribution in [3.63, 3.8) is 0 Å². The van der Waals surface area contributed by atoms with Gasteiger partial charge in [0, 0.05) is 19.2 Å². The molecule has 0 radical (unpaired) electrons. The molecule has 2 heterocycles. The summed E-state index contributed by atoms with van der Waals surface area (Å²) in [5.74, 6) is 0.507. The van der Waals surface area contributed by atoms with Crippen LogP contribution < -0.4 is 0 Å². The number of likely N-dealkylation sites (tertiary alicyclic amines) is 1. The van der Waals surface area contributed by atoms with E-state index in [1.165, 1.54) is 12.2 Å².